The van der Waals surface area contributed by atoms with E-state index < -0.39 is 59.8 Å². The molecule has 0 spiro atoms. The zero-order valence-electron chi connectivity index (χ0n) is 21.2. The van der Waals surface area contributed by atoms with Crippen molar-refractivity contribution in [1.29, 1.82) is 0 Å². The summed E-state index contributed by atoms with van der Waals surface area (Å²) >= 11 is 1.40. The first kappa shape index (κ1) is 26.3. The van der Waals surface area contributed by atoms with Gasteiger partial charge in [-0.2, -0.15) is 4.98 Å². The number of fused-ring (bicyclic) bond motifs is 4. The molecule has 4 heterocycles. The van der Waals surface area contributed by atoms with E-state index in [4.69, 9.17) is 14.2 Å². The number of hydrogen-bond donors (Lipinski definition) is 0. The number of aromatic nitrogens is 2. The van der Waals surface area contributed by atoms with Crippen LogP contribution in [0, 0.1) is 11.6 Å². The van der Waals surface area contributed by atoms with Crippen LogP contribution in [-0.2, 0) is 20.0 Å². The van der Waals surface area contributed by atoms with Crippen molar-refractivity contribution in [3.63, 3.8) is 0 Å². The molecule has 3 aromatic rings. The molecule has 0 aliphatic carbocycles. The summed E-state index contributed by atoms with van der Waals surface area (Å²) in [6.07, 6.45) is 0.231. The minimum atomic E-state index is -1.03. The monoisotopic (exact) mass is 571 g/mol. The van der Waals surface area contributed by atoms with Crippen LogP contribution in [0.2, 0.25) is 0 Å². The molecule has 0 radical (unpaired) electrons. The van der Waals surface area contributed by atoms with Crippen molar-refractivity contribution >= 4 is 23.8 Å². The van der Waals surface area contributed by atoms with Crippen molar-refractivity contribution in [1.82, 2.24) is 14.5 Å². The topological polar surface area (TPSA) is 109 Å². The van der Waals surface area contributed by atoms with Gasteiger partial charge in [0.05, 0.1) is 38.7 Å². The van der Waals surface area contributed by atoms with Gasteiger partial charge in [0.15, 0.2) is 17.3 Å². The predicted octanol–water partition coefficient (Wildman–Crippen LogP) is 3.47. The first-order valence-electron chi connectivity index (χ1n) is 12.4. The zero-order chi connectivity index (χ0) is 28.0. The fourth-order valence-electron chi connectivity index (χ4n) is 5.67. The van der Waals surface area contributed by atoms with Gasteiger partial charge in [-0.1, -0.05) is 24.3 Å². The van der Waals surface area contributed by atoms with Crippen molar-refractivity contribution < 1.29 is 37.3 Å². The first-order valence-corrected chi connectivity index (χ1v) is 13.4. The quantitative estimate of drug-likeness (QED) is 0.344. The maximum atomic E-state index is 15.3. The summed E-state index contributed by atoms with van der Waals surface area (Å²) < 4.78 is 51.7. The largest absolute Gasteiger partial charge is 0.510 e. The highest BCUT2D eigenvalue weighted by molar-refractivity contribution is 7.98. The fourth-order valence-corrected chi connectivity index (χ4v) is 6.80. The Morgan fingerprint density at radius 2 is 2.00 bits per heavy atom. The van der Waals surface area contributed by atoms with Crippen molar-refractivity contribution in [2.24, 2.45) is 0 Å². The first-order chi connectivity index (χ1) is 19.4. The van der Waals surface area contributed by atoms with Gasteiger partial charge in [-0.05, 0) is 23.3 Å². The van der Waals surface area contributed by atoms with E-state index in [0.29, 0.717) is 5.56 Å². The molecular formula is C27H23F2N3O7S. The number of amides is 1. The second kappa shape index (κ2) is 10.5. The summed E-state index contributed by atoms with van der Waals surface area (Å²) in [5.74, 6) is -3.13. The molecule has 208 valence electrons. The molecule has 3 aliphatic heterocycles. The van der Waals surface area contributed by atoms with E-state index in [1.807, 2.05) is 24.3 Å². The SMILES string of the molecule is COC(=O)OCOc1c2n(cnc1=O)C(C1c3ccccc3SCc3c1ccc(F)c3F)C1COCCN1C2=O. The van der Waals surface area contributed by atoms with Gasteiger partial charge in [-0.25, -0.2) is 13.6 Å². The molecule has 3 atom stereocenters. The maximum absolute atomic E-state index is 15.3. The number of carbonyl (C=O) groups excluding carboxylic acids is 2. The molecule has 1 saturated heterocycles. The van der Waals surface area contributed by atoms with E-state index in [1.165, 1.54) is 18.1 Å². The number of hydrogen-bond acceptors (Lipinski definition) is 9. The Hall–Kier alpha value is -3.97. The Morgan fingerprint density at radius 1 is 1.18 bits per heavy atom. The Morgan fingerprint density at radius 3 is 2.83 bits per heavy atom. The third-order valence-corrected chi connectivity index (χ3v) is 8.51. The highest BCUT2D eigenvalue weighted by atomic mass is 32.2. The van der Waals surface area contributed by atoms with Crippen LogP contribution >= 0.6 is 11.8 Å². The number of benzene rings is 2. The van der Waals surface area contributed by atoms with Gasteiger partial charge in [0, 0.05) is 28.7 Å². The Balaban J connectivity index is 1.58. The van der Waals surface area contributed by atoms with Crippen LogP contribution in [0.3, 0.4) is 0 Å². The predicted molar refractivity (Wildman–Crippen MR) is 136 cm³/mol. The molecule has 40 heavy (non-hydrogen) atoms. The molecule has 0 bridgehead atoms. The van der Waals surface area contributed by atoms with Gasteiger partial charge in [-0.3, -0.25) is 9.59 Å². The van der Waals surface area contributed by atoms with Crippen LogP contribution in [0.15, 0.2) is 52.4 Å². The molecule has 2 aromatic carbocycles. The summed E-state index contributed by atoms with van der Waals surface area (Å²) in [5.41, 5.74) is 0.717. The van der Waals surface area contributed by atoms with Crippen molar-refractivity contribution in [3.8, 4) is 5.75 Å². The van der Waals surface area contributed by atoms with E-state index in [9.17, 15) is 18.8 Å². The van der Waals surface area contributed by atoms with Gasteiger partial charge >= 0.3 is 11.7 Å². The third-order valence-electron chi connectivity index (χ3n) is 7.39. The number of ether oxygens (including phenoxy) is 4. The summed E-state index contributed by atoms with van der Waals surface area (Å²) in [7, 11) is 1.12. The standard InChI is InChI=1S/C27H23F2N3O7S/c1-36-27(35)39-13-38-24-23-26(34)31-8-9-37-10-18(31)22(32(23)12-30-25(24)33)20-14-6-7-17(28)21(29)16(14)11-40-19-5-3-2-4-15(19)20/h2-7,12,18,20,22H,8-11,13H2,1H3. The van der Waals surface area contributed by atoms with E-state index >= 15 is 4.39 Å². The summed E-state index contributed by atoms with van der Waals surface area (Å²) in [6.45, 7) is -0.00241. The summed E-state index contributed by atoms with van der Waals surface area (Å²) in [5, 5.41) is 0. The van der Waals surface area contributed by atoms with Crippen LogP contribution in [0.1, 0.15) is 39.1 Å². The zero-order valence-corrected chi connectivity index (χ0v) is 22.0. The van der Waals surface area contributed by atoms with Gasteiger partial charge in [0.25, 0.3) is 5.91 Å². The smallest absolute Gasteiger partial charge is 0.449 e. The number of methoxy groups -OCH3 is 1. The lowest BCUT2D eigenvalue weighted by molar-refractivity contribution is -0.0308. The van der Waals surface area contributed by atoms with Crippen LogP contribution in [0.25, 0.3) is 0 Å². The average molecular weight is 572 g/mol. The normalized spacial score (nSPS) is 21.3. The van der Waals surface area contributed by atoms with Crippen LogP contribution < -0.4 is 10.3 Å². The molecule has 0 saturated carbocycles. The van der Waals surface area contributed by atoms with Gasteiger partial charge in [0.1, 0.15) is 0 Å². The number of morpholine rings is 1. The second-order valence-corrected chi connectivity index (χ2v) is 10.4. The van der Waals surface area contributed by atoms with E-state index in [2.05, 4.69) is 9.72 Å². The number of halogens is 2. The number of thioether (sulfide) groups is 1. The van der Waals surface area contributed by atoms with Crippen LogP contribution in [0.5, 0.6) is 5.75 Å². The lowest BCUT2D eigenvalue weighted by atomic mass is 9.78. The van der Waals surface area contributed by atoms with Gasteiger partial charge in [0.2, 0.25) is 12.5 Å². The molecule has 1 amide bonds. The summed E-state index contributed by atoms with van der Waals surface area (Å²) in [4.78, 5) is 44.5. The van der Waals surface area contributed by atoms with Gasteiger partial charge in [-0.15, -0.1) is 11.8 Å². The number of nitrogens with zero attached hydrogens (tertiary/aromatic N) is 3. The lowest BCUT2D eigenvalue weighted by Gasteiger charge is -2.48. The second-order valence-electron chi connectivity index (χ2n) is 9.36. The van der Waals surface area contributed by atoms with Crippen LogP contribution in [-0.4, -0.2) is 66.2 Å². The van der Waals surface area contributed by atoms with Crippen molar-refractivity contribution in [2.75, 3.05) is 33.7 Å². The number of carbonyl (C=O) groups is 2. The molecule has 0 N–H and O–H groups in total. The highest BCUT2D eigenvalue weighted by Crippen LogP contribution is 2.50. The fraction of sp³-hybridized carbons (Fsp3) is 0.333. The molecular weight excluding hydrogens is 548 g/mol. The van der Waals surface area contributed by atoms with E-state index in [-0.39, 0.29) is 36.8 Å². The van der Waals surface area contributed by atoms with Crippen molar-refractivity contribution in [3.05, 3.63) is 87.1 Å². The van der Waals surface area contributed by atoms with E-state index in [1.54, 1.807) is 15.5 Å². The lowest BCUT2D eigenvalue weighted by Crippen LogP contribution is -2.58. The van der Waals surface area contributed by atoms with Crippen LogP contribution in [0.4, 0.5) is 13.6 Å². The third kappa shape index (κ3) is 4.29. The molecule has 3 unspecified atom stereocenters. The van der Waals surface area contributed by atoms with Gasteiger partial charge < -0.3 is 28.4 Å². The molecule has 1 fully saturated rings. The maximum Gasteiger partial charge on any atom is 0.510 e. The molecule has 13 heteroatoms. The minimum absolute atomic E-state index is 0.0878. The van der Waals surface area contributed by atoms with E-state index in [0.717, 1.165) is 23.6 Å². The van der Waals surface area contributed by atoms with Crippen molar-refractivity contribution in [2.45, 2.75) is 28.6 Å². The Bertz CT molecular complexity index is 1570. The average Bonchev–Trinajstić information content (AvgIpc) is 3.13. The Labute approximate surface area is 230 Å². The summed E-state index contributed by atoms with van der Waals surface area (Å²) in [6, 6.07) is 9.08. The minimum Gasteiger partial charge on any atom is -0.449 e. The molecule has 6 rings (SSSR count). The molecule has 3 aliphatic rings. The highest BCUT2D eigenvalue weighted by Gasteiger charge is 2.48. The molecule has 1 aromatic heterocycles. The number of rotatable bonds is 4. The molecule has 10 nitrogen and oxygen atoms in total. The Kier molecular flexibility index (Phi) is 6.92.